The van der Waals surface area contributed by atoms with Crippen molar-refractivity contribution in [2.24, 2.45) is 0 Å². The van der Waals surface area contributed by atoms with Crippen LogP contribution < -0.4 is 10.2 Å². The molecule has 0 radical (unpaired) electrons. The molecule has 0 unspecified atom stereocenters. The van der Waals surface area contributed by atoms with Gasteiger partial charge in [-0.05, 0) is 18.2 Å². The fraction of sp³-hybridized carbons (Fsp3) is 0.357. The van der Waals surface area contributed by atoms with E-state index in [4.69, 9.17) is 0 Å². The number of urea groups is 1. The number of nitrogens with one attached hydrogen (secondary N) is 1. The molecule has 0 spiro atoms. The van der Waals surface area contributed by atoms with Crippen LogP contribution >= 0.6 is 27.3 Å². The molecule has 2 heterocycles. The molecule has 1 fully saturated rings. The molecule has 1 aliphatic rings. The number of piperazine rings is 1. The summed E-state index contributed by atoms with van der Waals surface area (Å²) in [4.78, 5) is 15.3. The highest BCUT2D eigenvalue weighted by atomic mass is 79.9. The third-order valence-corrected chi connectivity index (χ3v) is 5.19. The molecule has 1 aromatic carbocycles. The molecule has 0 bridgehead atoms. The molecule has 3 rings (SSSR count). The monoisotopic (exact) mass is 453 g/mol. The van der Waals surface area contributed by atoms with Gasteiger partial charge in [0.25, 0.3) is 0 Å². The van der Waals surface area contributed by atoms with Crippen LogP contribution in [-0.2, 0) is 6.18 Å². The number of halogens is 5. The number of carbonyl (C=O) groups is 1. The second-order valence-electron chi connectivity index (χ2n) is 5.42. The number of hydrogen-bond donors (Lipinski definition) is 1. The summed E-state index contributed by atoms with van der Waals surface area (Å²) in [6, 6.07) is 3.71. The quantitative estimate of drug-likeness (QED) is 0.702. The number of aromatic nitrogens is 2. The van der Waals surface area contributed by atoms with Crippen LogP contribution in [-0.4, -0.2) is 47.3 Å². The van der Waals surface area contributed by atoms with Crippen molar-refractivity contribution in [2.45, 2.75) is 6.18 Å². The van der Waals surface area contributed by atoms with Crippen molar-refractivity contribution in [1.29, 1.82) is 0 Å². The fourth-order valence-corrected chi connectivity index (χ4v) is 3.47. The average molecular weight is 454 g/mol. The number of anilines is 2. The van der Waals surface area contributed by atoms with Gasteiger partial charge in [0.15, 0.2) is 0 Å². The molecule has 6 nitrogen and oxygen atoms in total. The molecule has 1 N–H and O–H groups in total. The summed E-state index contributed by atoms with van der Waals surface area (Å²) >= 11 is 3.67. The zero-order valence-corrected chi connectivity index (χ0v) is 15.5. The Kier molecular flexibility index (Phi) is 5.32. The summed E-state index contributed by atoms with van der Waals surface area (Å²) in [7, 11) is 0. The molecule has 2 aromatic rings. The number of rotatable bonds is 2. The number of carbonyl (C=O) groups excluding carboxylic acids is 1. The number of hydrogen-bond acceptors (Lipinski definition) is 5. The van der Waals surface area contributed by atoms with Crippen LogP contribution in [0, 0.1) is 5.82 Å². The van der Waals surface area contributed by atoms with Gasteiger partial charge in [-0.2, -0.15) is 13.2 Å². The van der Waals surface area contributed by atoms with Gasteiger partial charge in [-0.1, -0.05) is 27.3 Å². The minimum absolute atomic E-state index is 0.0470. The Morgan fingerprint density at radius 1 is 1.19 bits per heavy atom. The molecular formula is C14H12BrF4N5OS. The molecule has 0 atom stereocenters. The Morgan fingerprint density at radius 2 is 1.88 bits per heavy atom. The predicted molar refractivity (Wildman–Crippen MR) is 91.8 cm³/mol. The summed E-state index contributed by atoms with van der Waals surface area (Å²) in [5, 5.41) is 8.37. The van der Waals surface area contributed by atoms with Gasteiger partial charge in [-0.3, -0.25) is 0 Å². The summed E-state index contributed by atoms with van der Waals surface area (Å²) in [6.45, 7) is 1.15. The van der Waals surface area contributed by atoms with Crippen molar-refractivity contribution in [3.8, 4) is 0 Å². The van der Waals surface area contributed by atoms with Crippen molar-refractivity contribution < 1.29 is 22.4 Å². The number of amides is 2. The van der Waals surface area contributed by atoms with Crippen LogP contribution in [0.2, 0.25) is 0 Å². The smallest absolute Gasteiger partial charge is 0.343 e. The Balaban J connectivity index is 1.59. The fourth-order valence-electron chi connectivity index (χ4n) is 2.35. The van der Waals surface area contributed by atoms with Crippen LogP contribution in [0.5, 0.6) is 0 Å². The minimum Gasteiger partial charge on any atom is -0.343 e. The Labute approximate surface area is 157 Å². The molecule has 0 aliphatic carbocycles. The first-order valence-corrected chi connectivity index (χ1v) is 9.01. The molecule has 0 saturated carbocycles. The summed E-state index contributed by atoms with van der Waals surface area (Å²) < 4.78 is 52.1. The summed E-state index contributed by atoms with van der Waals surface area (Å²) in [5.74, 6) is -0.561. The lowest BCUT2D eigenvalue weighted by atomic mass is 10.3. The van der Waals surface area contributed by atoms with Gasteiger partial charge in [-0.15, -0.1) is 10.2 Å². The zero-order valence-electron chi connectivity index (χ0n) is 13.1. The van der Waals surface area contributed by atoms with E-state index in [1.807, 2.05) is 0 Å². The van der Waals surface area contributed by atoms with Crippen molar-refractivity contribution in [2.75, 3.05) is 36.4 Å². The second kappa shape index (κ2) is 7.35. The van der Waals surface area contributed by atoms with E-state index in [0.29, 0.717) is 28.9 Å². The molecule has 2 amide bonds. The third-order valence-electron chi connectivity index (χ3n) is 3.66. The van der Waals surface area contributed by atoms with E-state index in [9.17, 15) is 22.4 Å². The largest absolute Gasteiger partial charge is 0.445 e. The van der Waals surface area contributed by atoms with Gasteiger partial charge < -0.3 is 15.1 Å². The lowest BCUT2D eigenvalue weighted by molar-refractivity contribution is -0.138. The highest BCUT2D eigenvalue weighted by Crippen LogP contribution is 2.34. The maximum absolute atomic E-state index is 13.7. The van der Waals surface area contributed by atoms with Crippen molar-refractivity contribution in [3.05, 3.63) is 33.5 Å². The molecule has 12 heteroatoms. The molecule has 1 saturated heterocycles. The first-order chi connectivity index (χ1) is 12.2. The van der Waals surface area contributed by atoms with Crippen LogP contribution in [0.3, 0.4) is 0 Å². The van der Waals surface area contributed by atoms with E-state index in [2.05, 4.69) is 31.4 Å². The van der Waals surface area contributed by atoms with E-state index in [1.54, 1.807) is 4.90 Å². The van der Waals surface area contributed by atoms with E-state index < -0.39 is 23.0 Å². The van der Waals surface area contributed by atoms with Gasteiger partial charge in [-0.25, -0.2) is 9.18 Å². The van der Waals surface area contributed by atoms with Crippen LogP contribution in [0.4, 0.5) is 33.2 Å². The van der Waals surface area contributed by atoms with E-state index in [-0.39, 0.29) is 23.9 Å². The van der Waals surface area contributed by atoms with Crippen LogP contribution in [0.15, 0.2) is 22.7 Å². The highest BCUT2D eigenvalue weighted by Gasteiger charge is 2.36. The SMILES string of the molecule is O=C(Nc1cc(Br)ccc1F)N1CCN(c2nnc(C(F)(F)F)s2)CC1. The minimum atomic E-state index is -4.52. The van der Waals surface area contributed by atoms with Gasteiger partial charge in [0.1, 0.15) is 5.82 Å². The first-order valence-electron chi connectivity index (χ1n) is 7.40. The lowest BCUT2D eigenvalue weighted by Gasteiger charge is -2.34. The molecule has 1 aromatic heterocycles. The van der Waals surface area contributed by atoms with Gasteiger partial charge in [0.05, 0.1) is 5.69 Å². The maximum Gasteiger partial charge on any atom is 0.445 e. The molecule has 1 aliphatic heterocycles. The maximum atomic E-state index is 13.7. The number of alkyl halides is 3. The molecule has 140 valence electrons. The van der Waals surface area contributed by atoms with Crippen molar-refractivity contribution in [1.82, 2.24) is 15.1 Å². The average Bonchev–Trinajstić information content (AvgIpc) is 3.09. The van der Waals surface area contributed by atoms with E-state index in [1.165, 1.54) is 23.1 Å². The zero-order chi connectivity index (χ0) is 18.9. The summed E-state index contributed by atoms with van der Waals surface area (Å²) in [5.41, 5.74) is 0.0470. The van der Waals surface area contributed by atoms with Gasteiger partial charge in [0, 0.05) is 30.7 Å². The second-order valence-corrected chi connectivity index (χ2v) is 7.29. The first kappa shape index (κ1) is 18.8. The summed E-state index contributed by atoms with van der Waals surface area (Å²) in [6.07, 6.45) is -4.52. The Morgan fingerprint density at radius 3 is 2.50 bits per heavy atom. The van der Waals surface area contributed by atoms with Crippen molar-refractivity contribution in [3.63, 3.8) is 0 Å². The lowest BCUT2D eigenvalue weighted by Crippen LogP contribution is -2.50. The van der Waals surface area contributed by atoms with Crippen LogP contribution in [0.25, 0.3) is 0 Å². The van der Waals surface area contributed by atoms with E-state index >= 15 is 0 Å². The Hall–Kier alpha value is -1.95. The van der Waals surface area contributed by atoms with Gasteiger partial charge >= 0.3 is 12.2 Å². The standard InChI is InChI=1S/C14H12BrF4N5OS/c15-8-1-2-9(16)10(7-8)20-12(25)23-3-5-24(6-4-23)13-22-21-11(26-13)14(17,18)19/h1-2,7H,3-6H2,(H,20,25). The Bertz CT molecular complexity index is 807. The normalized spacial score (nSPS) is 15.3. The number of benzene rings is 1. The molecular weight excluding hydrogens is 442 g/mol. The molecule has 26 heavy (non-hydrogen) atoms. The topological polar surface area (TPSA) is 61.4 Å². The third kappa shape index (κ3) is 4.23. The van der Waals surface area contributed by atoms with Crippen LogP contribution in [0.1, 0.15) is 5.01 Å². The highest BCUT2D eigenvalue weighted by molar-refractivity contribution is 9.10. The number of nitrogens with zero attached hydrogens (tertiary/aromatic N) is 4. The van der Waals surface area contributed by atoms with E-state index in [0.717, 1.165) is 0 Å². The van der Waals surface area contributed by atoms with Crippen molar-refractivity contribution >= 4 is 44.1 Å². The van der Waals surface area contributed by atoms with Gasteiger partial charge in [0.2, 0.25) is 10.1 Å². The predicted octanol–water partition coefficient (Wildman–Crippen LogP) is 3.81.